The van der Waals surface area contributed by atoms with Crippen LogP contribution in [0.15, 0.2) is 26.2 Å². The minimum absolute atomic E-state index is 0.132. The second-order valence-electron chi connectivity index (χ2n) is 7.51. The van der Waals surface area contributed by atoms with Crippen molar-refractivity contribution in [3.63, 3.8) is 0 Å². The van der Waals surface area contributed by atoms with Crippen LogP contribution in [0.2, 0.25) is 0 Å². The Morgan fingerprint density at radius 1 is 1.18 bits per heavy atom. The number of rotatable bonds is 3. The normalized spacial score (nSPS) is 24.0. The van der Waals surface area contributed by atoms with Gasteiger partial charge >= 0.3 is 6.09 Å². The third-order valence-corrected chi connectivity index (χ3v) is 7.33. The highest BCUT2D eigenvalue weighted by Crippen LogP contribution is 2.35. The summed E-state index contributed by atoms with van der Waals surface area (Å²) < 4.78 is 44.0. The van der Waals surface area contributed by atoms with E-state index in [-0.39, 0.29) is 17.7 Å². The molecule has 0 N–H and O–H groups in total. The number of likely N-dealkylation sites (N-methyl/N-ethyl adjacent to an activating group) is 1. The van der Waals surface area contributed by atoms with Gasteiger partial charge in [0.15, 0.2) is 5.76 Å². The van der Waals surface area contributed by atoms with E-state index in [0.717, 1.165) is 11.3 Å². The number of aromatic nitrogens is 1. The summed E-state index contributed by atoms with van der Waals surface area (Å²) in [4.78, 5) is 13.3. The molecule has 10 heteroatoms. The van der Waals surface area contributed by atoms with Crippen molar-refractivity contribution in [2.24, 2.45) is 0 Å². The Hall–Kier alpha value is -2.33. The zero-order chi connectivity index (χ0) is 20.1. The van der Waals surface area contributed by atoms with Crippen LogP contribution in [0.25, 0.3) is 11.5 Å². The molecule has 0 bridgehead atoms. The molecule has 0 aliphatic carbocycles. The highest BCUT2D eigenvalue weighted by molar-refractivity contribution is 7.89. The lowest BCUT2D eigenvalue weighted by Crippen LogP contribution is -2.36. The third-order valence-electron chi connectivity index (χ3n) is 5.55. The van der Waals surface area contributed by atoms with Gasteiger partial charge in [0, 0.05) is 32.1 Å². The maximum Gasteiger partial charge on any atom is 0.410 e. The first-order valence-corrected chi connectivity index (χ1v) is 10.6. The number of sulfonamides is 1. The SMILES string of the molecule is Cc1noc(-c2ccc(S(=O)(=O)N3CCCC4(CC3)CN(C)C(=O)O4)o2)c1C. The zero-order valence-corrected chi connectivity index (χ0v) is 16.9. The average molecular weight is 409 g/mol. The summed E-state index contributed by atoms with van der Waals surface area (Å²) in [5, 5.41) is 3.75. The van der Waals surface area contributed by atoms with Crippen molar-refractivity contribution < 1.29 is 26.9 Å². The molecule has 1 atom stereocenters. The maximum atomic E-state index is 13.1. The van der Waals surface area contributed by atoms with Gasteiger partial charge in [0.05, 0.1) is 12.2 Å². The van der Waals surface area contributed by atoms with Crippen molar-refractivity contribution in [2.45, 2.75) is 43.8 Å². The molecule has 1 amide bonds. The van der Waals surface area contributed by atoms with Crippen LogP contribution in [0, 0.1) is 13.8 Å². The van der Waals surface area contributed by atoms with Crippen LogP contribution in [0.1, 0.15) is 30.5 Å². The summed E-state index contributed by atoms with van der Waals surface area (Å²) in [6.45, 7) is 4.74. The Kier molecular flexibility index (Phi) is 4.50. The number of hydrogen-bond donors (Lipinski definition) is 0. The molecule has 4 rings (SSSR count). The van der Waals surface area contributed by atoms with Gasteiger partial charge in [-0.15, -0.1) is 0 Å². The van der Waals surface area contributed by atoms with Gasteiger partial charge < -0.3 is 18.6 Å². The second-order valence-corrected chi connectivity index (χ2v) is 9.37. The first-order valence-electron chi connectivity index (χ1n) is 9.19. The Bertz CT molecular complexity index is 1010. The highest BCUT2D eigenvalue weighted by Gasteiger charge is 2.45. The molecular weight excluding hydrogens is 386 g/mol. The highest BCUT2D eigenvalue weighted by atomic mass is 32.2. The molecule has 152 valence electrons. The van der Waals surface area contributed by atoms with Crippen molar-refractivity contribution in [3.05, 3.63) is 23.4 Å². The molecule has 2 aromatic rings. The first-order chi connectivity index (χ1) is 13.2. The Labute approximate surface area is 163 Å². The number of aryl methyl sites for hydroxylation is 1. The van der Waals surface area contributed by atoms with Crippen molar-refractivity contribution in [2.75, 3.05) is 26.7 Å². The monoisotopic (exact) mass is 409 g/mol. The van der Waals surface area contributed by atoms with Gasteiger partial charge in [-0.2, -0.15) is 4.31 Å². The topological polar surface area (TPSA) is 106 Å². The van der Waals surface area contributed by atoms with Crippen LogP contribution in [-0.4, -0.2) is 61.2 Å². The predicted molar refractivity (Wildman–Crippen MR) is 98.1 cm³/mol. The quantitative estimate of drug-likeness (QED) is 0.767. The number of furan rings is 1. The molecule has 2 aromatic heterocycles. The van der Waals surface area contributed by atoms with E-state index in [9.17, 15) is 13.2 Å². The molecule has 0 aromatic carbocycles. The fourth-order valence-corrected chi connectivity index (χ4v) is 5.18. The second kappa shape index (κ2) is 6.63. The van der Waals surface area contributed by atoms with E-state index >= 15 is 0 Å². The van der Waals surface area contributed by atoms with E-state index in [2.05, 4.69) is 5.16 Å². The molecule has 9 nitrogen and oxygen atoms in total. The van der Waals surface area contributed by atoms with Gasteiger partial charge in [-0.05, 0) is 38.8 Å². The third kappa shape index (κ3) is 3.10. The van der Waals surface area contributed by atoms with E-state index < -0.39 is 15.6 Å². The van der Waals surface area contributed by atoms with Crippen molar-refractivity contribution in [3.8, 4) is 11.5 Å². The van der Waals surface area contributed by atoms with Crippen LogP contribution >= 0.6 is 0 Å². The summed E-state index contributed by atoms with van der Waals surface area (Å²) >= 11 is 0. The van der Waals surface area contributed by atoms with Gasteiger partial charge in [-0.1, -0.05) is 5.16 Å². The van der Waals surface area contributed by atoms with Crippen LogP contribution in [0.3, 0.4) is 0 Å². The predicted octanol–water partition coefficient (Wildman–Crippen LogP) is 2.55. The summed E-state index contributed by atoms with van der Waals surface area (Å²) in [5.74, 6) is 0.754. The summed E-state index contributed by atoms with van der Waals surface area (Å²) in [6, 6.07) is 3.01. The van der Waals surface area contributed by atoms with Crippen LogP contribution in [0.5, 0.6) is 0 Å². The molecule has 0 radical (unpaired) electrons. The number of carbonyl (C=O) groups excluding carboxylic acids is 1. The van der Waals surface area contributed by atoms with Crippen molar-refractivity contribution >= 4 is 16.1 Å². The minimum atomic E-state index is -3.80. The average Bonchev–Trinajstić information content (AvgIpc) is 3.27. The lowest BCUT2D eigenvalue weighted by atomic mass is 9.95. The molecule has 2 fully saturated rings. The molecule has 4 heterocycles. The molecular formula is C18H23N3O6S. The Morgan fingerprint density at radius 3 is 2.61 bits per heavy atom. The number of hydrogen-bond acceptors (Lipinski definition) is 7. The van der Waals surface area contributed by atoms with Gasteiger partial charge in [-0.3, -0.25) is 0 Å². The molecule has 1 unspecified atom stereocenters. The Balaban J connectivity index is 1.54. The standard InChI is InChI=1S/C18H23N3O6S/c1-12-13(2)19-27-16(12)14-5-6-15(25-14)28(23,24)21-9-4-7-18(8-10-21)11-20(3)17(22)26-18/h5-6H,4,7-11H2,1-3H3. The van der Waals surface area contributed by atoms with Crippen molar-refractivity contribution in [1.82, 2.24) is 14.4 Å². The van der Waals surface area contributed by atoms with E-state index in [1.807, 2.05) is 13.8 Å². The zero-order valence-electron chi connectivity index (χ0n) is 16.1. The van der Waals surface area contributed by atoms with E-state index in [1.165, 1.54) is 15.3 Å². The lowest BCUT2D eigenvalue weighted by molar-refractivity contribution is 0.0459. The number of carbonyl (C=O) groups is 1. The lowest BCUT2D eigenvalue weighted by Gasteiger charge is -2.24. The van der Waals surface area contributed by atoms with E-state index in [4.69, 9.17) is 13.7 Å². The summed E-state index contributed by atoms with van der Waals surface area (Å²) in [5.41, 5.74) is 0.922. The van der Waals surface area contributed by atoms with E-state index in [1.54, 1.807) is 13.1 Å². The fourth-order valence-electron chi connectivity index (χ4n) is 3.79. The minimum Gasteiger partial charge on any atom is -0.441 e. The fraction of sp³-hybridized carbons (Fsp3) is 0.556. The van der Waals surface area contributed by atoms with Gasteiger partial charge in [0.1, 0.15) is 5.60 Å². The molecule has 28 heavy (non-hydrogen) atoms. The molecule has 2 aliphatic rings. The number of nitrogens with zero attached hydrogens (tertiary/aromatic N) is 3. The molecule has 2 saturated heterocycles. The first kappa shape index (κ1) is 19.0. The van der Waals surface area contributed by atoms with Crippen LogP contribution in [0.4, 0.5) is 4.79 Å². The van der Waals surface area contributed by atoms with E-state index in [0.29, 0.717) is 43.9 Å². The number of ether oxygens (including phenoxy) is 1. The van der Waals surface area contributed by atoms with Crippen LogP contribution < -0.4 is 0 Å². The summed E-state index contributed by atoms with van der Waals surface area (Å²) in [7, 11) is -2.11. The Morgan fingerprint density at radius 2 is 1.96 bits per heavy atom. The van der Waals surface area contributed by atoms with Gasteiger partial charge in [0.25, 0.3) is 10.0 Å². The van der Waals surface area contributed by atoms with Crippen molar-refractivity contribution in [1.29, 1.82) is 0 Å². The smallest absolute Gasteiger partial charge is 0.410 e. The number of amides is 1. The maximum absolute atomic E-state index is 13.1. The molecule has 0 saturated carbocycles. The molecule has 1 spiro atoms. The largest absolute Gasteiger partial charge is 0.441 e. The van der Waals surface area contributed by atoms with Gasteiger partial charge in [0.2, 0.25) is 10.9 Å². The van der Waals surface area contributed by atoms with Crippen LogP contribution in [-0.2, 0) is 14.8 Å². The summed E-state index contributed by atoms with van der Waals surface area (Å²) in [6.07, 6.45) is 1.34. The van der Waals surface area contributed by atoms with Gasteiger partial charge in [-0.25, -0.2) is 13.2 Å². The molecule has 2 aliphatic heterocycles.